The lowest BCUT2D eigenvalue weighted by molar-refractivity contribution is 0.465. The molecule has 2 aromatic rings. The van der Waals surface area contributed by atoms with E-state index in [1.54, 1.807) is 0 Å². The highest BCUT2D eigenvalue weighted by Gasteiger charge is 2.26. The van der Waals surface area contributed by atoms with Gasteiger partial charge in [0.25, 0.3) is 0 Å². The quantitative estimate of drug-likeness (QED) is 0.831. The Bertz CT molecular complexity index is 609. The van der Waals surface area contributed by atoms with Crippen molar-refractivity contribution in [3.05, 3.63) is 53.1 Å². The second-order valence-electron chi connectivity index (χ2n) is 5.52. The van der Waals surface area contributed by atoms with Gasteiger partial charge in [0.15, 0.2) is 0 Å². The van der Waals surface area contributed by atoms with Gasteiger partial charge in [-0.25, -0.2) is 0 Å². The van der Waals surface area contributed by atoms with E-state index in [4.69, 9.17) is 0 Å². The van der Waals surface area contributed by atoms with Crippen molar-refractivity contribution in [2.75, 3.05) is 0 Å². The first-order valence-corrected chi connectivity index (χ1v) is 7.12. The van der Waals surface area contributed by atoms with Crippen LogP contribution in [0.5, 0.6) is 5.75 Å². The molecular formula is C18H20O. The number of hydrogen-bond donors (Lipinski definition) is 1. The van der Waals surface area contributed by atoms with Gasteiger partial charge in [0.1, 0.15) is 5.75 Å². The van der Waals surface area contributed by atoms with E-state index in [1.807, 2.05) is 6.92 Å². The molecular weight excluding hydrogens is 232 g/mol. The maximum absolute atomic E-state index is 10.1. The molecule has 1 N–H and O–H groups in total. The van der Waals surface area contributed by atoms with E-state index >= 15 is 0 Å². The summed E-state index contributed by atoms with van der Waals surface area (Å²) < 4.78 is 0. The van der Waals surface area contributed by atoms with Gasteiger partial charge < -0.3 is 5.11 Å². The first kappa shape index (κ1) is 12.3. The van der Waals surface area contributed by atoms with Crippen molar-refractivity contribution in [2.45, 2.75) is 39.0 Å². The topological polar surface area (TPSA) is 20.2 Å². The second kappa shape index (κ2) is 4.73. The highest BCUT2D eigenvalue weighted by atomic mass is 16.3. The molecule has 2 aromatic carbocycles. The standard InChI is InChI=1S/C18H20O/c1-3-13-11-15(10-12(2)18(13)19)17-7-5-4-6-16(17)14-8-9-14/h4-7,10-11,14,19H,3,8-9H2,1-2H3. The Morgan fingerprint density at radius 3 is 2.58 bits per heavy atom. The number of aromatic hydroxyl groups is 1. The largest absolute Gasteiger partial charge is 0.507 e. The first-order chi connectivity index (χ1) is 9.20. The molecule has 98 valence electrons. The SMILES string of the molecule is CCc1cc(-c2ccccc2C2CC2)cc(C)c1O. The summed E-state index contributed by atoms with van der Waals surface area (Å²) >= 11 is 0. The van der Waals surface area contributed by atoms with Crippen LogP contribution in [0.2, 0.25) is 0 Å². The van der Waals surface area contributed by atoms with E-state index in [1.165, 1.54) is 29.5 Å². The molecule has 0 spiro atoms. The normalized spacial score (nSPS) is 14.6. The summed E-state index contributed by atoms with van der Waals surface area (Å²) in [5.41, 5.74) is 6.06. The predicted octanol–water partition coefficient (Wildman–Crippen LogP) is 4.81. The van der Waals surface area contributed by atoms with E-state index in [9.17, 15) is 5.11 Å². The van der Waals surface area contributed by atoms with Gasteiger partial charge in [-0.05, 0) is 72.1 Å². The summed E-state index contributed by atoms with van der Waals surface area (Å²) in [4.78, 5) is 0. The molecule has 0 unspecified atom stereocenters. The molecule has 0 atom stereocenters. The second-order valence-corrected chi connectivity index (χ2v) is 5.52. The fourth-order valence-electron chi connectivity index (χ4n) is 2.79. The Kier molecular flexibility index (Phi) is 3.06. The van der Waals surface area contributed by atoms with Gasteiger partial charge in [0.2, 0.25) is 0 Å². The molecule has 1 saturated carbocycles. The number of benzene rings is 2. The van der Waals surface area contributed by atoms with Crippen LogP contribution in [0.25, 0.3) is 11.1 Å². The average Bonchev–Trinajstić information content (AvgIpc) is 3.26. The van der Waals surface area contributed by atoms with Crippen LogP contribution in [-0.2, 0) is 6.42 Å². The number of hydrogen-bond acceptors (Lipinski definition) is 1. The molecule has 0 aromatic heterocycles. The van der Waals surface area contributed by atoms with Crippen molar-refractivity contribution < 1.29 is 5.11 Å². The minimum absolute atomic E-state index is 0.454. The van der Waals surface area contributed by atoms with Crippen LogP contribution in [0, 0.1) is 6.92 Å². The number of phenols is 1. The molecule has 0 amide bonds. The lowest BCUT2D eigenvalue weighted by Gasteiger charge is -2.13. The van der Waals surface area contributed by atoms with Crippen LogP contribution in [0.15, 0.2) is 36.4 Å². The molecule has 19 heavy (non-hydrogen) atoms. The summed E-state index contributed by atoms with van der Waals surface area (Å²) in [6.07, 6.45) is 3.50. The van der Waals surface area contributed by atoms with E-state index in [2.05, 4.69) is 43.3 Å². The maximum atomic E-state index is 10.1. The van der Waals surface area contributed by atoms with Gasteiger partial charge in [0.05, 0.1) is 0 Å². The molecule has 0 heterocycles. The van der Waals surface area contributed by atoms with Crippen molar-refractivity contribution in [2.24, 2.45) is 0 Å². The van der Waals surface area contributed by atoms with E-state index < -0.39 is 0 Å². The summed E-state index contributed by atoms with van der Waals surface area (Å²) in [6, 6.07) is 12.9. The molecule has 3 rings (SSSR count). The van der Waals surface area contributed by atoms with Crippen molar-refractivity contribution in [1.29, 1.82) is 0 Å². The van der Waals surface area contributed by atoms with Gasteiger partial charge in [-0.2, -0.15) is 0 Å². The van der Waals surface area contributed by atoms with Gasteiger partial charge in [-0.3, -0.25) is 0 Å². The minimum atomic E-state index is 0.454. The Morgan fingerprint density at radius 2 is 1.89 bits per heavy atom. The smallest absolute Gasteiger partial charge is 0.121 e. The number of rotatable bonds is 3. The van der Waals surface area contributed by atoms with Gasteiger partial charge in [-0.1, -0.05) is 31.2 Å². The van der Waals surface area contributed by atoms with Gasteiger partial charge in [-0.15, -0.1) is 0 Å². The molecule has 1 heteroatoms. The molecule has 1 fully saturated rings. The summed E-state index contributed by atoms with van der Waals surface area (Å²) in [5, 5.41) is 10.1. The van der Waals surface area contributed by atoms with E-state index in [-0.39, 0.29) is 0 Å². The Morgan fingerprint density at radius 1 is 1.16 bits per heavy atom. The van der Waals surface area contributed by atoms with Crippen molar-refractivity contribution in [3.8, 4) is 16.9 Å². The summed E-state index contributed by atoms with van der Waals surface area (Å²) in [7, 11) is 0. The van der Waals surface area contributed by atoms with Crippen LogP contribution in [0.3, 0.4) is 0 Å². The Hall–Kier alpha value is -1.76. The van der Waals surface area contributed by atoms with Crippen LogP contribution in [-0.4, -0.2) is 5.11 Å². The monoisotopic (exact) mass is 252 g/mol. The highest BCUT2D eigenvalue weighted by Crippen LogP contribution is 2.45. The zero-order valence-corrected chi connectivity index (χ0v) is 11.6. The van der Waals surface area contributed by atoms with Crippen molar-refractivity contribution in [1.82, 2.24) is 0 Å². The summed E-state index contributed by atoms with van der Waals surface area (Å²) in [5.74, 6) is 1.20. The van der Waals surface area contributed by atoms with Gasteiger partial charge >= 0.3 is 0 Å². The fraction of sp³-hybridized carbons (Fsp3) is 0.333. The Labute approximate surface area is 114 Å². The van der Waals surface area contributed by atoms with Crippen LogP contribution in [0.4, 0.5) is 0 Å². The molecule has 0 aliphatic heterocycles. The molecule has 1 nitrogen and oxygen atoms in total. The zero-order chi connectivity index (χ0) is 13.4. The highest BCUT2D eigenvalue weighted by molar-refractivity contribution is 5.71. The molecule has 0 saturated heterocycles. The lowest BCUT2D eigenvalue weighted by atomic mass is 9.93. The van der Waals surface area contributed by atoms with Crippen LogP contribution < -0.4 is 0 Å². The van der Waals surface area contributed by atoms with Gasteiger partial charge in [0, 0.05) is 0 Å². The Balaban J connectivity index is 2.14. The lowest BCUT2D eigenvalue weighted by Crippen LogP contribution is -1.91. The van der Waals surface area contributed by atoms with Crippen LogP contribution in [0.1, 0.15) is 42.4 Å². The van der Waals surface area contributed by atoms with Crippen molar-refractivity contribution in [3.63, 3.8) is 0 Å². The van der Waals surface area contributed by atoms with Crippen molar-refractivity contribution >= 4 is 0 Å². The number of phenolic OH excluding ortho intramolecular Hbond substituents is 1. The minimum Gasteiger partial charge on any atom is -0.507 e. The molecule has 1 aliphatic rings. The molecule has 0 radical (unpaired) electrons. The van der Waals surface area contributed by atoms with E-state index in [0.717, 1.165) is 23.5 Å². The zero-order valence-electron chi connectivity index (χ0n) is 11.6. The average molecular weight is 252 g/mol. The van der Waals surface area contributed by atoms with Crippen LogP contribution >= 0.6 is 0 Å². The third kappa shape index (κ3) is 2.25. The third-order valence-corrected chi connectivity index (χ3v) is 4.05. The maximum Gasteiger partial charge on any atom is 0.121 e. The van der Waals surface area contributed by atoms with E-state index in [0.29, 0.717) is 5.75 Å². The first-order valence-electron chi connectivity index (χ1n) is 7.12. The number of aryl methyl sites for hydroxylation is 2. The molecule has 0 bridgehead atoms. The summed E-state index contributed by atoms with van der Waals surface area (Å²) in [6.45, 7) is 4.07. The third-order valence-electron chi connectivity index (χ3n) is 4.05. The predicted molar refractivity (Wildman–Crippen MR) is 79.6 cm³/mol. The fourth-order valence-corrected chi connectivity index (χ4v) is 2.79. The molecule has 1 aliphatic carbocycles.